The Morgan fingerprint density at radius 3 is 1.50 bits per heavy atom. The summed E-state index contributed by atoms with van der Waals surface area (Å²) < 4.78 is 20.9. The molecule has 0 aliphatic heterocycles. The topological polar surface area (TPSA) is 83.1 Å². The maximum absolute atomic E-state index is 11.2. The van der Waals surface area contributed by atoms with Crippen molar-refractivity contribution in [1.29, 1.82) is 10.5 Å². The van der Waals surface area contributed by atoms with Crippen LogP contribution >= 0.6 is 8.25 Å². The highest BCUT2D eigenvalue weighted by molar-refractivity contribution is 7.33. The molecule has 0 atom stereocenters. The Morgan fingerprint density at radius 2 is 1.29 bits per heavy atom. The zero-order valence-electron chi connectivity index (χ0n) is 8.62. The summed E-state index contributed by atoms with van der Waals surface area (Å²) in [6.45, 7) is 5.88. The van der Waals surface area contributed by atoms with Crippen molar-refractivity contribution >= 4 is 8.25 Å². The Balaban J connectivity index is 4.30. The van der Waals surface area contributed by atoms with Gasteiger partial charge in [0, 0.05) is 0 Å². The number of hydrogen-bond donors (Lipinski definition) is 0. The molecule has 0 bridgehead atoms. The summed E-state index contributed by atoms with van der Waals surface area (Å²) in [4.78, 5) is 0. The average molecular weight is 216 g/mol. The summed E-state index contributed by atoms with van der Waals surface area (Å²) in [6.07, 6.45) is 0. The molecule has 0 N–H and O–H groups in total. The lowest BCUT2D eigenvalue weighted by atomic mass is 10.2. The second kappa shape index (κ2) is 4.57. The molecule has 0 rings (SSSR count). The lowest BCUT2D eigenvalue weighted by Crippen LogP contribution is -2.22. The van der Waals surface area contributed by atoms with Gasteiger partial charge in [-0.15, -0.1) is 0 Å². The lowest BCUT2D eigenvalue weighted by Gasteiger charge is -2.20. The van der Waals surface area contributed by atoms with Crippen molar-refractivity contribution in [2.75, 3.05) is 0 Å². The fourth-order valence-corrected chi connectivity index (χ4v) is 1.45. The van der Waals surface area contributed by atoms with Gasteiger partial charge in [-0.1, -0.05) is 0 Å². The van der Waals surface area contributed by atoms with Crippen LogP contribution in [0.5, 0.6) is 0 Å². The molecule has 0 aliphatic carbocycles. The van der Waals surface area contributed by atoms with E-state index in [1.165, 1.54) is 27.7 Å². The molecule has 6 heteroatoms. The van der Waals surface area contributed by atoms with E-state index in [0.29, 0.717) is 0 Å². The van der Waals surface area contributed by atoms with E-state index in [9.17, 15) is 4.57 Å². The molecule has 14 heavy (non-hydrogen) atoms. The number of nitriles is 2. The fourth-order valence-electron chi connectivity index (χ4n) is 0.483. The van der Waals surface area contributed by atoms with Crippen LogP contribution in [0.25, 0.3) is 0 Å². The predicted molar refractivity (Wildman–Crippen MR) is 50.6 cm³/mol. The first-order valence-electron chi connectivity index (χ1n) is 3.97. The zero-order valence-corrected chi connectivity index (χ0v) is 9.62. The van der Waals surface area contributed by atoms with Crippen molar-refractivity contribution in [1.82, 2.24) is 0 Å². The standard InChI is InChI=1S/C8H13N2O3P/c1-7(2,5-9)12-14(11)13-8(3,4)6-10/h14H,1-4H3. The first-order valence-corrected chi connectivity index (χ1v) is 5.19. The Morgan fingerprint density at radius 1 is 1.00 bits per heavy atom. The van der Waals surface area contributed by atoms with E-state index in [2.05, 4.69) is 0 Å². The first kappa shape index (κ1) is 13.1. The molecule has 0 heterocycles. The van der Waals surface area contributed by atoms with E-state index in [-0.39, 0.29) is 0 Å². The van der Waals surface area contributed by atoms with Gasteiger partial charge in [0.2, 0.25) is 0 Å². The maximum atomic E-state index is 11.2. The van der Waals surface area contributed by atoms with Crippen molar-refractivity contribution in [2.24, 2.45) is 0 Å². The van der Waals surface area contributed by atoms with E-state index in [0.717, 1.165) is 0 Å². The lowest BCUT2D eigenvalue weighted by molar-refractivity contribution is 0.0973. The second-order valence-electron chi connectivity index (χ2n) is 3.70. The van der Waals surface area contributed by atoms with Gasteiger partial charge >= 0.3 is 8.25 Å². The third-order valence-electron chi connectivity index (χ3n) is 1.22. The molecule has 0 aromatic carbocycles. The van der Waals surface area contributed by atoms with Crippen LogP contribution in [0.4, 0.5) is 0 Å². The molecule has 0 saturated heterocycles. The van der Waals surface area contributed by atoms with Crippen molar-refractivity contribution in [3.8, 4) is 12.1 Å². The van der Waals surface area contributed by atoms with Gasteiger partial charge in [0.25, 0.3) is 0 Å². The van der Waals surface area contributed by atoms with E-state index in [4.69, 9.17) is 19.6 Å². The highest BCUT2D eigenvalue weighted by atomic mass is 31.1. The van der Waals surface area contributed by atoms with Crippen LogP contribution in [0.2, 0.25) is 0 Å². The Bertz CT molecular complexity index is 282. The van der Waals surface area contributed by atoms with Gasteiger partial charge in [-0.25, -0.2) is 0 Å². The predicted octanol–water partition coefficient (Wildman–Crippen LogP) is 2.01. The summed E-state index contributed by atoms with van der Waals surface area (Å²) in [6, 6.07) is 3.63. The molecule has 0 unspecified atom stereocenters. The summed E-state index contributed by atoms with van der Waals surface area (Å²) >= 11 is 0. The Labute approximate surface area is 84.2 Å². The fraction of sp³-hybridized carbons (Fsp3) is 0.750. The highest BCUT2D eigenvalue weighted by Gasteiger charge is 2.26. The van der Waals surface area contributed by atoms with Crippen LogP contribution in [-0.4, -0.2) is 11.2 Å². The van der Waals surface area contributed by atoms with Gasteiger partial charge in [0.1, 0.15) is 0 Å². The zero-order chi connectivity index (χ0) is 11.4. The first-order chi connectivity index (χ1) is 6.22. The summed E-state index contributed by atoms with van der Waals surface area (Å²) in [7, 11) is -2.82. The Kier molecular flexibility index (Phi) is 4.29. The molecule has 0 radical (unpaired) electrons. The van der Waals surface area contributed by atoms with Gasteiger partial charge in [0.15, 0.2) is 11.2 Å². The molecule has 5 nitrogen and oxygen atoms in total. The molecular formula is C8H13N2O3P. The largest absolute Gasteiger partial charge is 0.322 e. The smallest absolute Gasteiger partial charge is 0.289 e. The van der Waals surface area contributed by atoms with Gasteiger partial charge in [-0.05, 0) is 27.7 Å². The van der Waals surface area contributed by atoms with Gasteiger partial charge < -0.3 is 0 Å². The number of hydrogen-bond acceptors (Lipinski definition) is 5. The summed E-state index contributed by atoms with van der Waals surface area (Å²) in [5.74, 6) is 0. The van der Waals surface area contributed by atoms with Crippen LogP contribution in [0.1, 0.15) is 27.7 Å². The van der Waals surface area contributed by atoms with Crippen molar-refractivity contribution in [2.45, 2.75) is 38.9 Å². The quantitative estimate of drug-likeness (QED) is 0.671. The minimum absolute atomic E-state index is 1.17. The van der Waals surface area contributed by atoms with E-state index < -0.39 is 19.5 Å². The SMILES string of the molecule is CC(C)(C#N)O[PH](=O)OC(C)(C)C#N. The monoisotopic (exact) mass is 216 g/mol. The molecule has 0 spiro atoms. The molecule has 0 amide bonds. The van der Waals surface area contributed by atoms with Crippen LogP contribution in [0.3, 0.4) is 0 Å². The van der Waals surface area contributed by atoms with Gasteiger partial charge in [-0.2, -0.15) is 10.5 Å². The summed E-state index contributed by atoms with van der Waals surface area (Å²) in [5, 5.41) is 17.2. The van der Waals surface area contributed by atoms with Crippen LogP contribution in [0, 0.1) is 22.7 Å². The second-order valence-corrected chi connectivity index (χ2v) is 4.61. The van der Waals surface area contributed by atoms with Crippen molar-refractivity contribution < 1.29 is 13.6 Å². The number of rotatable bonds is 4. The Hall–Kier alpha value is -0.870. The molecule has 0 saturated carbocycles. The molecule has 0 aromatic heterocycles. The molecule has 0 aliphatic rings. The average Bonchev–Trinajstić information content (AvgIpc) is 2.02. The minimum Gasteiger partial charge on any atom is -0.289 e. The van der Waals surface area contributed by atoms with E-state index >= 15 is 0 Å². The molecule has 0 aromatic rings. The molecular weight excluding hydrogens is 203 g/mol. The number of nitrogens with zero attached hydrogens (tertiary/aromatic N) is 2. The van der Waals surface area contributed by atoms with Crippen LogP contribution in [0.15, 0.2) is 0 Å². The molecule has 0 fully saturated rings. The van der Waals surface area contributed by atoms with E-state index in [1.54, 1.807) is 0 Å². The summed E-state index contributed by atoms with van der Waals surface area (Å²) in [5.41, 5.74) is -2.33. The van der Waals surface area contributed by atoms with Gasteiger partial charge in [-0.3, -0.25) is 13.6 Å². The third-order valence-corrected chi connectivity index (χ3v) is 2.57. The van der Waals surface area contributed by atoms with Gasteiger partial charge in [0.05, 0.1) is 12.1 Å². The van der Waals surface area contributed by atoms with Crippen LogP contribution in [-0.2, 0) is 13.6 Å². The minimum atomic E-state index is -2.82. The highest BCUT2D eigenvalue weighted by Crippen LogP contribution is 2.35. The molecule has 78 valence electrons. The van der Waals surface area contributed by atoms with Crippen LogP contribution < -0.4 is 0 Å². The third kappa shape index (κ3) is 4.99. The van der Waals surface area contributed by atoms with Crippen molar-refractivity contribution in [3.05, 3.63) is 0 Å². The normalized spacial score (nSPS) is 12.2. The van der Waals surface area contributed by atoms with E-state index in [1.807, 2.05) is 12.1 Å². The van der Waals surface area contributed by atoms with Crippen molar-refractivity contribution in [3.63, 3.8) is 0 Å². The maximum Gasteiger partial charge on any atom is 0.322 e.